The van der Waals surface area contributed by atoms with Crippen molar-refractivity contribution in [2.75, 3.05) is 6.61 Å². The van der Waals surface area contributed by atoms with Gasteiger partial charge in [0.15, 0.2) is 6.10 Å². The molecule has 0 aromatic heterocycles. The van der Waals surface area contributed by atoms with Gasteiger partial charge in [0.1, 0.15) is 11.7 Å². The molecular formula is C14H25O6. The Morgan fingerprint density at radius 1 is 1.05 bits per heavy atom. The third kappa shape index (κ3) is 9.47. The summed E-state index contributed by atoms with van der Waals surface area (Å²) in [6.07, 6.45) is -2.11. The molecule has 0 heterocycles. The summed E-state index contributed by atoms with van der Waals surface area (Å²) in [5.41, 5.74) is -0.641. The molecule has 0 saturated heterocycles. The van der Waals surface area contributed by atoms with Crippen LogP contribution in [0.2, 0.25) is 0 Å². The van der Waals surface area contributed by atoms with E-state index >= 15 is 0 Å². The van der Waals surface area contributed by atoms with Gasteiger partial charge in [0.05, 0.1) is 6.61 Å². The van der Waals surface area contributed by atoms with Crippen molar-refractivity contribution in [2.24, 2.45) is 5.92 Å². The van der Waals surface area contributed by atoms with E-state index in [2.05, 4.69) is 0 Å². The third-order valence-corrected chi connectivity index (χ3v) is 2.01. The van der Waals surface area contributed by atoms with Crippen LogP contribution < -0.4 is 0 Å². The first-order chi connectivity index (χ1) is 9.01. The number of ether oxygens (including phenoxy) is 4. The Morgan fingerprint density at radius 3 is 2.05 bits per heavy atom. The summed E-state index contributed by atoms with van der Waals surface area (Å²) in [5.74, 6) is 0.223. The first kappa shape index (κ1) is 18.5. The summed E-state index contributed by atoms with van der Waals surface area (Å²) in [4.78, 5) is 22.8. The van der Waals surface area contributed by atoms with Gasteiger partial charge < -0.3 is 18.9 Å². The quantitative estimate of drug-likeness (QED) is 0.719. The molecule has 0 saturated carbocycles. The summed E-state index contributed by atoms with van der Waals surface area (Å²) in [5, 5.41) is 0. The van der Waals surface area contributed by atoms with Crippen molar-refractivity contribution in [3.05, 3.63) is 6.10 Å². The number of hydrogen-bond donors (Lipinski definition) is 0. The van der Waals surface area contributed by atoms with Crippen LogP contribution in [-0.2, 0) is 18.9 Å². The van der Waals surface area contributed by atoms with E-state index in [1.807, 2.05) is 13.8 Å². The van der Waals surface area contributed by atoms with Gasteiger partial charge in [-0.3, -0.25) is 0 Å². The molecule has 0 aliphatic carbocycles. The van der Waals surface area contributed by atoms with Crippen LogP contribution in [0.4, 0.5) is 9.59 Å². The van der Waals surface area contributed by atoms with Gasteiger partial charge in [-0.05, 0) is 40.5 Å². The highest BCUT2D eigenvalue weighted by molar-refractivity contribution is 5.62. The van der Waals surface area contributed by atoms with E-state index in [-0.39, 0.29) is 18.6 Å². The Bertz CT molecular complexity index is 318. The molecule has 0 aromatic rings. The highest BCUT2D eigenvalue weighted by Gasteiger charge is 2.26. The molecule has 1 unspecified atom stereocenters. The first-order valence-corrected chi connectivity index (χ1v) is 6.59. The molecule has 0 spiro atoms. The van der Waals surface area contributed by atoms with E-state index in [4.69, 9.17) is 18.9 Å². The van der Waals surface area contributed by atoms with Crippen LogP contribution in [0.3, 0.4) is 0 Å². The second-order valence-corrected chi connectivity index (χ2v) is 5.89. The van der Waals surface area contributed by atoms with Gasteiger partial charge >= 0.3 is 12.3 Å². The van der Waals surface area contributed by atoms with Crippen molar-refractivity contribution >= 4 is 12.3 Å². The second-order valence-electron chi connectivity index (χ2n) is 5.89. The molecule has 117 valence electrons. The number of carbonyl (C=O) groups excluding carboxylic acids is 2. The average Bonchev–Trinajstić information content (AvgIpc) is 2.23. The van der Waals surface area contributed by atoms with Crippen LogP contribution in [0.25, 0.3) is 0 Å². The second kappa shape index (κ2) is 7.97. The maximum Gasteiger partial charge on any atom is 0.509 e. The van der Waals surface area contributed by atoms with Gasteiger partial charge in [-0.25, -0.2) is 9.59 Å². The highest BCUT2D eigenvalue weighted by atomic mass is 16.8. The zero-order chi connectivity index (χ0) is 15.9. The molecule has 6 heteroatoms. The number of rotatable bonds is 5. The maximum absolute atomic E-state index is 11.4. The molecule has 20 heavy (non-hydrogen) atoms. The van der Waals surface area contributed by atoms with Crippen molar-refractivity contribution in [2.45, 2.75) is 60.2 Å². The lowest BCUT2D eigenvalue weighted by atomic mass is 10.2. The van der Waals surface area contributed by atoms with E-state index in [1.54, 1.807) is 27.7 Å². The van der Waals surface area contributed by atoms with Gasteiger partial charge in [0.25, 0.3) is 0 Å². The van der Waals surface area contributed by atoms with Gasteiger partial charge in [-0.15, -0.1) is 0 Å². The number of hydrogen-bond acceptors (Lipinski definition) is 6. The molecule has 0 aliphatic rings. The fourth-order valence-electron chi connectivity index (χ4n) is 0.981. The Kier molecular flexibility index (Phi) is 7.39. The van der Waals surface area contributed by atoms with Gasteiger partial charge in [0, 0.05) is 0 Å². The molecule has 0 N–H and O–H groups in total. The standard InChI is InChI=1S/C14H25O6/c1-9(2)8-17-12(15)18-10(3)11(4)19-13(16)20-14(5,6)7/h9-10H,8H2,1-7H3. The number of carbonyl (C=O) groups is 2. The predicted octanol–water partition coefficient (Wildman–Crippen LogP) is 3.69. The molecule has 0 fully saturated rings. The minimum absolute atomic E-state index is 0.223. The summed E-state index contributed by atoms with van der Waals surface area (Å²) in [7, 11) is 0. The minimum Gasteiger partial charge on any atom is -0.434 e. The smallest absolute Gasteiger partial charge is 0.434 e. The Morgan fingerprint density at radius 2 is 1.60 bits per heavy atom. The molecule has 1 radical (unpaired) electrons. The fraction of sp³-hybridized carbons (Fsp3) is 0.786. The molecule has 0 rings (SSSR count). The normalized spacial score (nSPS) is 13.1. The molecular weight excluding hydrogens is 264 g/mol. The first-order valence-electron chi connectivity index (χ1n) is 6.59. The zero-order valence-corrected chi connectivity index (χ0v) is 13.3. The summed E-state index contributed by atoms with van der Waals surface area (Å²) < 4.78 is 19.8. The molecule has 0 bridgehead atoms. The van der Waals surface area contributed by atoms with Gasteiger partial charge in [-0.2, -0.15) is 0 Å². The molecule has 0 aromatic carbocycles. The Hall–Kier alpha value is -1.46. The van der Waals surface area contributed by atoms with Crippen molar-refractivity contribution in [1.29, 1.82) is 0 Å². The lowest BCUT2D eigenvalue weighted by Gasteiger charge is -2.23. The maximum atomic E-state index is 11.4. The van der Waals surface area contributed by atoms with Crippen LogP contribution in [0.15, 0.2) is 0 Å². The molecule has 0 amide bonds. The topological polar surface area (TPSA) is 71.1 Å². The summed E-state index contributed by atoms with van der Waals surface area (Å²) in [6.45, 7) is 12.4. The van der Waals surface area contributed by atoms with E-state index in [0.29, 0.717) is 0 Å². The third-order valence-electron chi connectivity index (χ3n) is 2.01. The predicted molar refractivity (Wildman–Crippen MR) is 73.0 cm³/mol. The highest BCUT2D eigenvalue weighted by Crippen LogP contribution is 2.16. The van der Waals surface area contributed by atoms with Crippen LogP contribution in [0.5, 0.6) is 0 Å². The Labute approximate surface area is 120 Å². The summed E-state index contributed by atoms with van der Waals surface area (Å²) in [6, 6.07) is 0. The SMILES string of the molecule is C[C](OC(=O)OC(C)(C)C)C(C)OC(=O)OCC(C)C. The van der Waals surface area contributed by atoms with Crippen LogP contribution in [0.1, 0.15) is 48.5 Å². The van der Waals surface area contributed by atoms with Gasteiger partial charge in [0.2, 0.25) is 0 Å². The van der Waals surface area contributed by atoms with Gasteiger partial charge in [-0.1, -0.05) is 13.8 Å². The largest absolute Gasteiger partial charge is 0.509 e. The van der Waals surface area contributed by atoms with Crippen molar-refractivity contribution < 1.29 is 28.5 Å². The zero-order valence-electron chi connectivity index (χ0n) is 13.3. The van der Waals surface area contributed by atoms with Crippen molar-refractivity contribution in [3.63, 3.8) is 0 Å². The Balaban J connectivity index is 4.11. The molecule has 0 aliphatic heterocycles. The molecule has 6 nitrogen and oxygen atoms in total. The van der Waals surface area contributed by atoms with E-state index in [9.17, 15) is 9.59 Å². The van der Waals surface area contributed by atoms with E-state index < -0.39 is 24.0 Å². The van der Waals surface area contributed by atoms with E-state index in [0.717, 1.165) is 0 Å². The monoisotopic (exact) mass is 289 g/mol. The van der Waals surface area contributed by atoms with Crippen LogP contribution in [-0.4, -0.2) is 30.6 Å². The van der Waals surface area contributed by atoms with E-state index in [1.165, 1.54) is 6.92 Å². The van der Waals surface area contributed by atoms with Crippen LogP contribution >= 0.6 is 0 Å². The lowest BCUT2D eigenvalue weighted by molar-refractivity contribution is -0.0313. The molecule has 1 atom stereocenters. The summed E-state index contributed by atoms with van der Waals surface area (Å²) >= 11 is 0. The fourth-order valence-corrected chi connectivity index (χ4v) is 0.981. The average molecular weight is 289 g/mol. The van der Waals surface area contributed by atoms with Crippen LogP contribution in [0, 0.1) is 12.0 Å². The lowest BCUT2D eigenvalue weighted by Crippen LogP contribution is -2.29. The van der Waals surface area contributed by atoms with Crippen molar-refractivity contribution in [3.8, 4) is 0 Å². The minimum atomic E-state index is -0.832. The van der Waals surface area contributed by atoms with Crippen molar-refractivity contribution in [1.82, 2.24) is 0 Å².